The molecule has 0 bridgehead atoms. The predicted molar refractivity (Wildman–Crippen MR) is 67.4 cm³/mol. The van der Waals surface area contributed by atoms with Crippen molar-refractivity contribution < 1.29 is 27.5 Å². The Balaban J connectivity index is 1.96. The molecule has 0 unspecified atom stereocenters. The minimum atomic E-state index is -4.17. The maximum atomic E-state index is 13.8. The second kappa shape index (κ2) is 6.01. The maximum Gasteiger partial charge on any atom is 0.391 e. The SMILES string of the molecule is O=C(O)c1ccc(CN2CCC(C(F)(F)F)CC2)c(F)c1. The number of halogens is 4. The van der Waals surface area contributed by atoms with Crippen LogP contribution in [-0.4, -0.2) is 35.2 Å². The first-order chi connectivity index (χ1) is 9.77. The van der Waals surface area contributed by atoms with E-state index in [-0.39, 0.29) is 38.0 Å². The molecule has 0 spiro atoms. The number of hydrogen-bond acceptors (Lipinski definition) is 2. The Morgan fingerprint density at radius 2 is 1.90 bits per heavy atom. The number of likely N-dealkylation sites (tertiary alicyclic amines) is 1. The Kier molecular flexibility index (Phi) is 4.51. The van der Waals surface area contributed by atoms with Gasteiger partial charge in [0.2, 0.25) is 0 Å². The first-order valence-corrected chi connectivity index (χ1v) is 6.58. The summed E-state index contributed by atoms with van der Waals surface area (Å²) < 4.78 is 51.4. The molecule has 116 valence electrons. The van der Waals surface area contributed by atoms with Gasteiger partial charge in [0, 0.05) is 12.1 Å². The first-order valence-electron chi connectivity index (χ1n) is 6.58. The van der Waals surface area contributed by atoms with Gasteiger partial charge in [-0.1, -0.05) is 6.07 Å². The quantitative estimate of drug-likeness (QED) is 0.871. The van der Waals surface area contributed by atoms with Crippen LogP contribution < -0.4 is 0 Å². The molecule has 21 heavy (non-hydrogen) atoms. The average molecular weight is 305 g/mol. The van der Waals surface area contributed by atoms with Crippen molar-refractivity contribution in [2.45, 2.75) is 25.6 Å². The lowest BCUT2D eigenvalue weighted by Gasteiger charge is -2.32. The van der Waals surface area contributed by atoms with Crippen LogP contribution in [0, 0.1) is 11.7 Å². The maximum absolute atomic E-state index is 13.8. The van der Waals surface area contributed by atoms with Crippen molar-refractivity contribution >= 4 is 5.97 Å². The minimum Gasteiger partial charge on any atom is -0.478 e. The molecule has 0 radical (unpaired) electrons. The monoisotopic (exact) mass is 305 g/mol. The Labute approximate surface area is 119 Å². The lowest BCUT2D eigenvalue weighted by Crippen LogP contribution is -2.38. The van der Waals surface area contributed by atoms with Gasteiger partial charge in [0.25, 0.3) is 0 Å². The van der Waals surface area contributed by atoms with Gasteiger partial charge < -0.3 is 5.11 Å². The van der Waals surface area contributed by atoms with E-state index in [0.29, 0.717) is 5.56 Å². The number of hydrogen-bond donors (Lipinski definition) is 1. The van der Waals surface area contributed by atoms with E-state index in [1.54, 1.807) is 4.90 Å². The first kappa shape index (κ1) is 15.8. The third-order valence-electron chi connectivity index (χ3n) is 3.74. The summed E-state index contributed by atoms with van der Waals surface area (Å²) in [7, 11) is 0. The third kappa shape index (κ3) is 3.93. The van der Waals surface area contributed by atoms with Crippen molar-refractivity contribution in [1.29, 1.82) is 0 Å². The van der Waals surface area contributed by atoms with E-state index in [1.165, 1.54) is 12.1 Å². The van der Waals surface area contributed by atoms with Gasteiger partial charge in [-0.25, -0.2) is 9.18 Å². The van der Waals surface area contributed by atoms with Gasteiger partial charge in [-0.2, -0.15) is 13.2 Å². The number of rotatable bonds is 3. The molecule has 0 amide bonds. The van der Waals surface area contributed by atoms with Crippen molar-refractivity contribution in [3.05, 3.63) is 35.1 Å². The summed E-state index contributed by atoms with van der Waals surface area (Å²) >= 11 is 0. The zero-order valence-electron chi connectivity index (χ0n) is 11.2. The van der Waals surface area contributed by atoms with Crippen LogP contribution in [0.15, 0.2) is 18.2 Å². The summed E-state index contributed by atoms with van der Waals surface area (Å²) in [5.74, 6) is -3.15. The Morgan fingerprint density at radius 3 is 2.38 bits per heavy atom. The van der Waals surface area contributed by atoms with Gasteiger partial charge in [-0.3, -0.25) is 4.90 Å². The summed E-state index contributed by atoms with van der Waals surface area (Å²) in [5, 5.41) is 8.74. The van der Waals surface area contributed by atoms with Gasteiger partial charge in [0.1, 0.15) is 5.82 Å². The van der Waals surface area contributed by atoms with Gasteiger partial charge in [-0.15, -0.1) is 0 Å². The van der Waals surface area contributed by atoms with Gasteiger partial charge in [-0.05, 0) is 38.1 Å². The molecule has 0 saturated carbocycles. The number of carboxylic acids is 1. The van der Waals surface area contributed by atoms with E-state index < -0.39 is 23.9 Å². The Hall–Kier alpha value is -1.63. The molecule has 1 fully saturated rings. The number of carboxylic acid groups (broad SMARTS) is 1. The molecule has 1 aromatic rings. The number of benzene rings is 1. The Bertz CT molecular complexity index is 522. The van der Waals surface area contributed by atoms with Crippen LogP contribution >= 0.6 is 0 Å². The zero-order chi connectivity index (χ0) is 15.6. The number of nitrogens with zero attached hydrogens (tertiary/aromatic N) is 1. The van der Waals surface area contributed by atoms with Gasteiger partial charge in [0.15, 0.2) is 0 Å². The molecular formula is C14H15F4NO2. The highest BCUT2D eigenvalue weighted by Crippen LogP contribution is 2.34. The van der Waals surface area contributed by atoms with Crippen LogP contribution in [0.5, 0.6) is 0 Å². The van der Waals surface area contributed by atoms with Gasteiger partial charge >= 0.3 is 12.1 Å². The minimum absolute atomic E-state index is 0.0122. The molecule has 1 aliphatic heterocycles. The fourth-order valence-electron chi connectivity index (χ4n) is 2.47. The lowest BCUT2D eigenvalue weighted by atomic mass is 9.96. The van der Waals surface area contributed by atoms with Crippen LogP contribution in [0.2, 0.25) is 0 Å². The van der Waals surface area contributed by atoms with Crippen molar-refractivity contribution in [1.82, 2.24) is 4.90 Å². The van der Waals surface area contributed by atoms with Crippen LogP contribution in [0.1, 0.15) is 28.8 Å². The standard InChI is InChI=1S/C14H15F4NO2/c15-12-7-9(13(20)21)1-2-10(12)8-19-5-3-11(4-6-19)14(16,17)18/h1-2,7,11H,3-6,8H2,(H,20,21). The Morgan fingerprint density at radius 1 is 1.29 bits per heavy atom. The molecule has 0 aromatic heterocycles. The molecule has 1 N–H and O–H groups in total. The van der Waals surface area contributed by atoms with Crippen molar-refractivity contribution in [3.8, 4) is 0 Å². The molecule has 1 saturated heterocycles. The van der Waals surface area contributed by atoms with E-state index in [0.717, 1.165) is 6.07 Å². The number of alkyl halides is 3. The van der Waals surface area contributed by atoms with Crippen LogP contribution in [0.3, 0.4) is 0 Å². The topological polar surface area (TPSA) is 40.5 Å². The number of aromatic carboxylic acids is 1. The summed E-state index contributed by atoms with van der Waals surface area (Å²) in [5.41, 5.74) is 0.150. The van der Waals surface area contributed by atoms with Crippen LogP contribution in [0.4, 0.5) is 17.6 Å². The summed E-state index contributed by atoms with van der Waals surface area (Å²) in [6.45, 7) is 0.699. The average Bonchev–Trinajstić information content (AvgIpc) is 2.40. The smallest absolute Gasteiger partial charge is 0.391 e. The fraction of sp³-hybridized carbons (Fsp3) is 0.500. The second-order valence-electron chi connectivity index (χ2n) is 5.20. The normalized spacial score (nSPS) is 17.9. The summed E-state index contributed by atoms with van der Waals surface area (Å²) in [6, 6.07) is 3.60. The molecule has 1 aliphatic rings. The van der Waals surface area contributed by atoms with E-state index in [9.17, 15) is 22.4 Å². The molecule has 0 atom stereocenters. The highest BCUT2D eigenvalue weighted by Gasteiger charge is 2.40. The highest BCUT2D eigenvalue weighted by molar-refractivity contribution is 5.87. The van der Waals surface area contributed by atoms with Crippen LogP contribution in [0.25, 0.3) is 0 Å². The zero-order valence-corrected chi connectivity index (χ0v) is 11.2. The van der Waals surface area contributed by atoms with Crippen molar-refractivity contribution in [2.75, 3.05) is 13.1 Å². The lowest BCUT2D eigenvalue weighted by molar-refractivity contribution is -0.185. The second-order valence-corrected chi connectivity index (χ2v) is 5.20. The summed E-state index contributed by atoms with van der Waals surface area (Å²) in [4.78, 5) is 12.5. The van der Waals surface area contributed by atoms with Crippen molar-refractivity contribution in [2.24, 2.45) is 5.92 Å². The summed E-state index contributed by atoms with van der Waals surface area (Å²) in [6.07, 6.45) is -4.14. The number of piperidine rings is 1. The van der Waals surface area contributed by atoms with E-state index >= 15 is 0 Å². The molecule has 1 heterocycles. The molecule has 2 rings (SSSR count). The molecular weight excluding hydrogens is 290 g/mol. The largest absolute Gasteiger partial charge is 0.478 e. The van der Waals surface area contributed by atoms with E-state index in [2.05, 4.69) is 0 Å². The van der Waals surface area contributed by atoms with Crippen LogP contribution in [-0.2, 0) is 6.54 Å². The van der Waals surface area contributed by atoms with Crippen molar-refractivity contribution in [3.63, 3.8) is 0 Å². The fourth-order valence-corrected chi connectivity index (χ4v) is 2.47. The number of carbonyl (C=O) groups is 1. The molecule has 3 nitrogen and oxygen atoms in total. The molecule has 0 aliphatic carbocycles. The van der Waals surface area contributed by atoms with E-state index in [1.807, 2.05) is 0 Å². The van der Waals surface area contributed by atoms with E-state index in [4.69, 9.17) is 5.11 Å². The molecule has 1 aromatic carbocycles. The van der Waals surface area contributed by atoms with Gasteiger partial charge in [0.05, 0.1) is 11.5 Å². The predicted octanol–water partition coefficient (Wildman–Crippen LogP) is 3.30. The third-order valence-corrected chi connectivity index (χ3v) is 3.74. The highest BCUT2D eigenvalue weighted by atomic mass is 19.4. The molecule has 7 heteroatoms.